The second-order valence-corrected chi connectivity index (χ2v) is 7.03. The Bertz CT molecular complexity index is 654. The molecule has 1 aliphatic heterocycles. The summed E-state index contributed by atoms with van der Waals surface area (Å²) in [5.74, 6) is 0.249. The first-order valence-corrected chi connectivity index (χ1v) is 10.2. The molecule has 162 valence electrons. The van der Waals surface area contributed by atoms with Gasteiger partial charge in [-0.05, 0) is 12.8 Å². The number of hydrazine groups is 1. The highest BCUT2D eigenvalue weighted by Crippen LogP contribution is 2.17. The Morgan fingerprint density at radius 3 is 2.76 bits per heavy atom. The van der Waals surface area contributed by atoms with Gasteiger partial charge in [-0.3, -0.25) is 25.6 Å². The maximum atomic E-state index is 12.6. The fraction of sp³-hybridized carbons (Fsp3) is 0.684. The monoisotopic (exact) mass is 408 g/mol. The third kappa shape index (κ3) is 7.47. The zero-order valence-electron chi connectivity index (χ0n) is 17.3. The number of unbranched alkanes of at least 4 members (excludes halogenated alkanes) is 2. The van der Waals surface area contributed by atoms with Crippen molar-refractivity contribution in [2.45, 2.75) is 46.0 Å². The fourth-order valence-electron chi connectivity index (χ4n) is 3.11. The van der Waals surface area contributed by atoms with Gasteiger partial charge in [0.1, 0.15) is 5.82 Å². The molecule has 10 heteroatoms. The first-order chi connectivity index (χ1) is 14.1. The normalized spacial score (nSPS) is 14.9. The van der Waals surface area contributed by atoms with E-state index in [4.69, 9.17) is 4.74 Å². The molecule has 0 unspecified atom stereocenters. The molecule has 3 N–H and O–H groups in total. The van der Waals surface area contributed by atoms with Crippen molar-refractivity contribution < 1.29 is 19.5 Å². The van der Waals surface area contributed by atoms with Crippen molar-refractivity contribution in [3.63, 3.8) is 0 Å². The second-order valence-electron chi connectivity index (χ2n) is 7.03. The van der Waals surface area contributed by atoms with Gasteiger partial charge in [-0.15, -0.1) is 0 Å². The van der Waals surface area contributed by atoms with Crippen LogP contribution in [-0.2, 0) is 20.7 Å². The van der Waals surface area contributed by atoms with Gasteiger partial charge in [0, 0.05) is 24.8 Å². The van der Waals surface area contributed by atoms with Gasteiger partial charge < -0.3 is 9.64 Å². The molecular formula is C19H32N6O4. The summed E-state index contributed by atoms with van der Waals surface area (Å²) in [5, 5.41) is 9.99. The van der Waals surface area contributed by atoms with Crippen LogP contribution < -0.4 is 15.8 Å². The molecule has 1 aliphatic rings. The largest absolute Gasteiger partial charge is 0.378 e. The molecule has 0 aromatic carbocycles. The van der Waals surface area contributed by atoms with Crippen molar-refractivity contribution in [3.8, 4) is 0 Å². The van der Waals surface area contributed by atoms with Crippen LogP contribution in [0.15, 0.2) is 6.07 Å². The van der Waals surface area contributed by atoms with Crippen molar-refractivity contribution in [2.75, 3.05) is 43.2 Å². The lowest BCUT2D eigenvalue weighted by Crippen LogP contribution is -2.41. The van der Waals surface area contributed by atoms with Crippen molar-refractivity contribution >= 4 is 24.1 Å². The molecular weight excluding hydrogens is 376 g/mol. The minimum atomic E-state index is -0.530. The second kappa shape index (κ2) is 12.2. The molecule has 1 aromatic heterocycles. The molecule has 10 nitrogen and oxygen atoms in total. The topological polar surface area (TPSA) is 120 Å². The number of anilines is 2. The molecule has 0 saturated carbocycles. The van der Waals surface area contributed by atoms with Gasteiger partial charge in [0.15, 0.2) is 0 Å². The van der Waals surface area contributed by atoms with Crippen molar-refractivity contribution in [1.29, 1.82) is 0 Å². The minimum Gasteiger partial charge on any atom is -0.378 e. The van der Waals surface area contributed by atoms with Crippen LogP contribution >= 0.6 is 0 Å². The van der Waals surface area contributed by atoms with Gasteiger partial charge in [0.25, 0.3) is 0 Å². The number of amides is 2. The Morgan fingerprint density at radius 2 is 2.10 bits per heavy atom. The molecule has 2 amide bonds. The number of carbonyl (C=O) groups excluding carboxylic acids is 2. The number of aromatic nitrogens is 2. The summed E-state index contributed by atoms with van der Waals surface area (Å²) in [4.78, 5) is 34.4. The summed E-state index contributed by atoms with van der Waals surface area (Å²) in [5.41, 5.74) is 6.28. The van der Waals surface area contributed by atoms with Crippen LogP contribution in [0.5, 0.6) is 0 Å². The van der Waals surface area contributed by atoms with E-state index in [1.807, 2.05) is 13.0 Å². The molecule has 1 atom stereocenters. The van der Waals surface area contributed by atoms with Gasteiger partial charge >= 0.3 is 0 Å². The van der Waals surface area contributed by atoms with Gasteiger partial charge in [-0.25, -0.2) is 10.0 Å². The van der Waals surface area contributed by atoms with E-state index in [9.17, 15) is 14.8 Å². The summed E-state index contributed by atoms with van der Waals surface area (Å²) in [6.45, 7) is 6.83. The SMILES string of the molecule is CCCCC[C@@H](CN(O)C=O)C(=O)NNc1nc(CC)cc(N2CCOCC2)n1. The summed E-state index contributed by atoms with van der Waals surface area (Å²) in [6, 6.07) is 1.94. The highest BCUT2D eigenvalue weighted by Gasteiger charge is 2.21. The third-order valence-electron chi connectivity index (χ3n) is 4.82. The lowest BCUT2D eigenvalue weighted by atomic mass is 10.0. The van der Waals surface area contributed by atoms with Crippen LogP contribution in [0.4, 0.5) is 11.8 Å². The molecule has 1 saturated heterocycles. The highest BCUT2D eigenvalue weighted by molar-refractivity contribution is 5.80. The van der Waals surface area contributed by atoms with E-state index in [0.717, 1.165) is 50.3 Å². The van der Waals surface area contributed by atoms with Crippen LogP contribution in [0.2, 0.25) is 0 Å². The van der Waals surface area contributed by atoms with E-state index >= 15 is 0 Å². The van der Waals surface area contributed by atoms with Crippen LogP contribution in [0.1, 0.15) is 45.2 Å². The van der Waals surface area contributed by atoms with Gasteiger partial charge in [-0.2, -0.15) is 4.98 Å². The van der Waals surface area contributed by atoms with Gasteiger partial charge in [0.05, 0.1) is 25.7 Å². The van der Waals surface area contributed by atoms with Crippen LogP contribution in [-0.4, -0.2) is 65.4 Å². The van der Waals surface area contributed by atoms with Gasteiger partial charge in [-0.1, -0.05) is 33.1 Å². The maximum absolute atomic E-state index is 12.6. The van der Waals surface area contributed by atoms with E-state index < -0.39 is 5.92 Å². The summed E-state index contributed by atoms with van der Waals surface area (Å²) in [6.07, 6.45) is 4.45. The molecule has 2 rings (SSSR count). The standard InChI is InChI=1S/C19H32N6O4/c1-3-5-6-7-15(13-25(28)14-26)18(27)22-23-19-20-16(4-2)12-17(21-19)24-8-10-29-11-9-24/h12,14-15,28H,3-11,13H2,1-2H3,(H,22,27)(H,20,21,23)/t15-/m0/s1. The summed E-state index contributed by atoms with van der Waals surface area (Å²) in [7, 11) is 0. The number of carbonyl (C=O) groups is 2. The Kier molecular flexibility index (Phi) is 9.58. The first kappa shape index (κ1) is 22.8. The lowest BCUT2D eigenvalue weighted by Gasteiger charge is -2.28. The Balaban J connectivity index is 2.02. The number of morpholine rings is 1. The molecule has 1 aromatic rings. The van der Waals surface area contributed by atoms with Crippen LogP contribution in [0.25, 0.3) is 0 Å². The van der Waals surface area contributed by atoms with E-state index in [1.165, 1.54) is 0 Å². The smallest absolute Gasteiger partial charge is 0.243 e. The number of hydrogen-bond acceptors (Lipinski definition) is 8. The zero-order valence-corrected chi connectivity index (χ0v) is 17.3. The highest BCUT2D eigenvalue weighted by atomic mass is 16.5. The summed E-state index contributed by atoms with van der Waals surface area (Å²) >= 11 is 0. The molecule has 0 bridgehead atoms. The number of rotatable bonds is 12. The van der Waals surface area contributed by atoms with E-state index in [1.54, 1.807) is 0 Å². The van der Waals surface area contributed by atoms with Crippen LogP contribution in [0.3, 0.4) is 0 Å². The van der Waals surface area contributed by atoms with Gasteiger partial charge in [0.2, 0.25) is 18.3 Å². The average molecular weight is 409 g/mol. The quantitative estimate of drug-likeness (QED) is 0.205. The van der Waals surface area contributed by atoms with Crippen molar-refractivity contribution in [2.24, 2.45) is 5.92 Å². The Hall–Kier alpha value is -2.46. The van der Waals surface area contributed by atoms with Crippen molar-refractivity contribution in [1.82, 2.24) is 20.5 Å². The zero-order chi connectivity index (χ0) is 21.1. The van der Waals surface area contributed by atoms with E-state index in [2.05, 4.69) is 32.6 Å². The third-order valence-corrected chi connectivity index (χ3v) is 4.82. The fourth-order valence-corrected chi connectivity index (χ4v) is 3.11. The number of ether oxygens (including phenoxy) is 1. The maximum Gasteiger partial charge on any atom is 0.243 e. The average Bonchev–Trinajstić information content (AvgIpc) is 2.77. The van der Waals surface area contributed by atoms with E-state index in [0.29, 0.717) is 37.1 Å². The molecule has 0 aliphatic carbocycles. The number of nitrogens with zero attached hydrogens (tertiary/aromatic N) is 4. The summed E-state index contributed by atoms with van der Waals surface area (Å²) < 4.78 is 5.39. The lowest BCUT2D eigenvalue weighted by molar-refractivity contribution is -0.154. The Morgan fingerprint density at radius 1 is 1.34 bits per heavy atom. The number of hydroxylamine groups is 2. The Labute approximate surface area is 171 Å². The predicted octanol–water partition coefficient (Wildman–Crippen LogP) is 1.36. The first-order valence-electron chi connectivity index (χ1n) is 10.2. The van der Waals surface area contributed by atoms with Crippen molar-refractivity contribution in [3.05, 3.63) is 11.8 Å². The molecule has 0 spiro atoms. The van der Waals surface area contributed by atoms with Crippen LogP contribution in [0, 0.1) is 5.92 Å². The minimum absolute atomic E-state index is 0.0599. The number of hydrogen-bond donors (Lipinski definition) is 3. The molecule has 2 heterocycles. The van der Waals surface area contributed by atoms with E-state index in [-0.39, 0.29) is 12.5 Å². The molecule has 1 fully saturated rings. The number of aryl methyl sites for hydroxylation is 1. The number of nitrogens with one attached hydrogen (secondary N) is 2. The molecule has 0 radical (unpaired) electrons. The molecule has 29 heavy (non-hydrogen) atoms. The predicted molar refractivity (Wildman–Crippen MR) is 108 cm³/mol.